The Morgan fingerprint density at radius 3 is 2.76 bits per heavy atom. The Labute approximate surface area is 192 Å². The van der Waals surface area contributed by atoms with Crippen molar-refractivity contribution in [3.8, 4) is 0 Å². The number of ether oxygens (including phenoxy) is 2. The molecule has 2 aromatic rings. The van der Waals surface area contributed by atoms with E-state index in [4.69, 9.17) is 9.15 Å². The number of methoxy groups -OCH3 is 1. The van der Waals surface area contributed by atoms with Crippen molar-refractivity contribution in [1.29, 1.82) is 0 Å². The van der Waals surface area contributed by atoms with Crippen LogP contribution in [0, 0.1) is 6.92 Å². The molecule has 0 unspecified atom stereocenters. The van der Waals surface area contributed by atoms with Crippen LogP contribution >= 0.6 is 0 Å². The molecule has 1 amide bonds. The molecule has 0 saturated carbocycles. The summed E-state index contributed by atoms with van der Waals surface area (Å²) >= 11 is 0. The molecule has 1 aliphatic heterocycles. The van der Waals surface area contributed by atoms with E-state index < -0.39 is 17.3 Å². The molecule has 0 bridgehead atoms. The van der Waals surface area contributed by atoms with Crippen LogP contribution in [0.2, 0.25) is 0 Å². The molecule has 1 aromatic carbocycles. The summed E-state index contributed by atoms with van der Waals surface area (Å²) in [4.78, 5) is 42.9. The van der Waals surface area contributed by atoms with Crippen LogP contribution in [-0.2, 0) is 14.3 Å². The Hall–Kier alpha value is -3.14. The first kappa shape index (κ1) is 24.5. The summed E-state index contributed by atoms with van der Waals surface area (Å²) in [5.74, 6) is -0.225. The van der Waals surface area contributed by atoms with Crippen molar-refractivity contribution in [2.45, 2.75) is 65.1 Å². The Morgan fingerprint density at radius 2 is 2.06 bits per heavy atom. The van der Waals surface area contributed by atoms with E-state index >= 15 is 0 Å². The molecule has 2 heterocycles. The van der Waals surface area contributed by atoms with Crippen LogP contribution in [0.25, 0.3) is 10.9 Å². The largest absolute Gasteiger partial charge is 0.469 e. The highest BCUT2D eigenvalue weighted by atomic mass is 16.6. The number of amides is 1. The molecular weight excluding hydrogens is 428 g/mol. The first-order valence-electron chi connectivity index (χ1n) is 11.1. The number of likely N-dealkylation sites (tertiary alicyclic amines) is 1. The van der Waals surface area contributed by atoms with E-state index in [0.717, 1.165) is 25.9 Å². The zero-order valence-electron chi connectivity index (χ0n) is 19.8. The van der Waals surface area contributed by atoms with Crippen molar-refractivity contribution in [3.05, 3.63) is 28.1 Å². The number of esters is 1. The zero-order chi connectivity index (χ0) is 24.2. The molecule has 1 fully saturated rings. The van der Waals surface area contributed by atoms with Crippen molar-refractivity contribution in [2.24, 2.45) is 0 Å². The first-order valence-corrected chi connectivity index (χ1v) is 11.1. The van der Waals surface area contributed by atoms with Crippen LogP contribution in [-0.4, -0.2) is 53.9 Å². The number of nitrogens with zero attached hydrogens (tertiary/aromatic N) is 2. The van der Waals surface area contributed by atoms with Gasteiger partial charge >= 0.3 is 17.7 Å². The molecule has 33 heavy (non-hydrogen) atoms. The third-order valence-electron chi connectivity index (χ3n) is 5.40. The minimum Gasteiger partial charge on any atom is -0.469 e. The molecule has 180 valence electrons. The number of aromatic nitrogens is 1. The van der Waals surface area contributed by atoms with Crippen molar-refractivity contribution in [2.75, 3.05) is 30.8 Å². The quantitative estimate of drug-likeness (QED) is 0.596. The van der Waals surface area contributed by atoms with Crippen LogP contribution < -0.4 is 16.3 Å². The number of hydrogen-bond donors (Lipinski definition) is 2. The molecular formula is C23H32N4O6. The fraction of sp³-hybridized carbons (Fsp3) is 0.565. The number of benzene rings is 1. The maximum Gasteiger partial charge on any atom is 0.412 e. The number of rotatable bonds is 7. The maximum atomic E-state index is 12.8. The van der Waals surface area contributed by atoms with Gasteiger partial charge in [0.25, 0.3) is 6.01 Å². The average Bonchev–Trinajstić information content (AvgIpc) is 3.15. The average molecular weight is 461 g/mol. The summed E-state index contributed by atoms with van der Waals surface area (Å²) in [6, 6.07) is 3.50. The van der Waals surface area contributed by atoms with Gasteiger partial charge in [-0.1, -0.05) is 0 Å². The Bertz CT molecular complexity index is 1080. The predicted molar refractivity (Wildman–Crippen MR) is 124 cm³/mol. The Kier molecular flexibility index (Phi) is 7.57. The van der Waals surface area contributed by atoms with Crippen molar-refractivity contribution < 1.29 is 23.5 Å². The van der Waals surface area contributed by atoms with Gasteiger partial charge in [-0.3, -0.25) is 15.0 Å². The Morgan fingerprint density at radius 1 is 1.30 bits per heavy atom. The molecule has 0 aliphatic carbocycles. The minimum atomic E-state index is -0.635. The monoisotopic (exact) mass is 460 g/mol. The smallest absolute Gasteiger partial charge is 0.412 e. The highest BCUT2D eigenvalue weighted by Gasteiger charge is 2.26. The number of aryl methyl sites for hydroxylation is 1. The number of carbonyl (C=O) groups excluding carboxylic acids is 2. The SMILES string of the molecule is COC(=O)CCCN1CCC[C@H]1Nc1nc2ccc(NC(=O)OC(C)(C)C)c(C)c2c(=O)o1. The Balaban J connectivity index is 1.73. The molecule has 0 spiro atoms. The molecule has 2 N–H and O–H groups in total. The second-order valence-corrected chi connectivity index (χ2v) is 9.08. The van der Waals surface area contributed by atoms with Crippen LogP contribution in [0.15, 0.2) is 21.3 Å². The van der Waals surface area contributed by atoms with E-state index in [1.807, 2.05) is 0 Å². The summed E-state index contributed by atoms with van der Waals surface area (Å²) in [5.41, 5.74) is 0.304. The van der Waals surface area contributed by atoms with Gasteiger partial charge in [0.1, 0.15) is 5.60 Å². The van der Waals surface area contributed by atoms with E-state index in [0.29, 0.717) is 35.0 Å². The predicted octanol–water partition coefficient (Wildman–Crippen LogP) is 3.63. The molecule has 1 saturated heterocycles. The number of nitrogens with one attached hydrogen (secondary N) is 2. The second-order valence-electron chi connectivity index (χ2n) is 9.08. The summed E-state index contributed by atoms with van der Waals surface area (Å²) in [6.45, 7) is 8.66. The first-order chi connectivity index (χ1) is 15.6. The summed E-state index contributed by atoms with van der Waals surface area (Å²) in [7, 11) is 1.38. The highest BCUT2D eigenvalue weighted by Crippen LogP contribution is 2.25. The summed E-state index contributed by atoms with van der Waals surface area (Å²) < 4.78 is 15.4. The lowest BCUT2D eigenvalue weighted by atomic mass is 10.1. The van der Waals surface area contributed by atoms with Gasteiger partial charge < -0.3 is 19.2 Å². The molecule has 10 nitrogen and oxygen atoms in total. The zero-order valence-corrected chi connectivity index (χ0v) is 19.8. The number of fused-ring (bicyclic) bond motifs is 1. The third-order valence-corrected chi connectivity index (χ3v) is 5.40. The van der Waals surface area contributed by atoms with Gasteiger partial charge in [-0.15, -0.1) is 0 Å². The topological polar surface area (TPSA) is 123 Å². The van der Waals surface area contributed by atoms with Gasteiger partial charge in [0.05, 0.1) is 24.2 Å². The van der Waals surface area contributed by atoms with Crippen molar-refractivity contribution >= 4 is 34.7 Å². The van der Waals surface area contributed by atoms with Gasteiger partial charge in [-0.25, -0.2) is 9.59 Å². The fourth-order valence-corrected chi connectivity index (χ4v) is 3.86. The van der Waals surface area contributed by atoms with Crippen LogP contribution in [0.4, 0.5) is 16.5 Å². The van der Waals surface area contributed by atoms with Gasteiger partial charge in [0.2, 0.25) is 0 Å². The molecule has 10 heteroatoms. The lowest BCUT2D eigenvalue weighted by molar-refractivity contribution is -0.140. The number of carbonyl (C=O) groups is 2. The lowest BCUT2D eigenvalue weighted by Crippen LogP contribution is -2.37. The van der Waals surface area contributed by atoms with E-state index in [2.05, 4.69) is 25.3 Å². The van der Waals surface area contributed by atoms with Gasteiger partial charge in [0.15, 0.2) is 0 Å². The van der Waals surface area contributed by atoms with Gasteiger partial charge in [-0.05, 0) is 64.7 Å². The van der Waals surface area contributed by atoms with Crippen LogP contribution in [0.5, 0.6) is 0 Å². The standard InChI is InChI=1S/C23H32N4O6/c1-14-15(25-22(30)33-23(2,3)4)10-11-16-19(14)20(29)32-21(24-16)26-17-8-6-12-27(17)13-7-9-18(28)31-5/h10-11,17H,6-9,12-13H2,1-5H3,(H,24,26)(H,25,30)/t17-/m0/s1. The molecule has 3 rings (SSSR count). The van der Waals surface area contributed by atoms with E-state index in [1.54, 1.807) is 39.8 Å². The molecule has 1 aliphatic rings. The van der Waals surface area contributed by atoms with Crippen molar-refractivity contribution in [1.82, 2.24) is 9.88 Å². The van der Waals surface area contributed by atoms with Gasteiger partial charge in [-0.2, -0.15) is 4.98 Å². The number of hydrogen-bond acceptors (Lipinski definition) is 9. The molecule has 0 radical (unpaired) electrons. The number of anilines is 2. The van der Waals surface area contributed by atoms with Gasteiger partial charge in [0, 0.05) is 25.2 Å². The summed E-state index contributed by atoms with van der Waals surface area (Å²) in [5, 5.41) is 6.18. The minimum absolute atomic E-state index is 0.0371. The fourth-order valence-electron chi connectivity index (χ4n) is 3.86. The summed E-state index contributed by atoms with van der Waals surface area (Å²) in [6.07, 6.45) is 2.28. The van der Waals surface area contributed by atoms with Crippen LogP contribution in [0.1, 0.15) is 52.0 Å². The molecule has 1 atom stereocenters. The highest BCUT2D eigenvalue weighted by molar-refractivity contribution is 5.93. The third kappa shape index (κ3) is 6.44. The van der Waals surface area contributed by atoms with E-state index in [-0.39, 0.29) is 18.1 Å². The van der Waals surface area contributed by atoms with E-state index in [9.17, 15) is 14.4 Å². The maximum absolute atomic E-state index is 12.8. The lowest BCUT2D eigenvalue weighted by Gasteiger charge is -2.24. The normalized spacial score (nSPS) is 16.6. The molecule has 1 aromatic heterocycles. The van der Waals surface area contributed by atoms with Crippen molar-refractivity contribution in [3.63, 3.8) is 0 Å². The van der Waals surface area contributed by atoms with E-state index in [1.165, 1.54) is 7.11 Å². The van der Waals surface area contributed by atoms with Crippen LogP contribution in [0.3, 0.4) is 0 Å². The second kappa shape index (κ2) is 10.2.